The van der Waals surface area contributed by atoms with E-state index in [0.29, 0.717) is 23.4 Å². The Balaban J connectivity index is 1.94. The van der Waals surface area contributed by atoms with E-state index in [9.17, 15) is 14.0 Å². The molecule has 24 heavy (non-hydrogen) atoms. The lowest BCUT2D eigenvalue weighted by Gasteiger charge is -2.11. The van der Waals surface area contributed by atoms with Gasteiger partial charge in [0, 0.05) is 18.7 Å². The molecule has 0 spiro atoms. The molecule has 6 heteroatoms. The van der Waals surface area contributed by atoms with E-state index < -0.39 is 5.82 Å². The van der Waals surface area contributed by atoms with Gasteiger partial charge in [-0.25, -0.2) is 4.39 Å². The van der Waals surface area contributed by atoms with E-state index in [2.05, 4.69) is 10.6 Å². The van der Waals surface area contributed by atoms with E-state index in [1.165, 1.54) is 19.1 Å². The summed E-state index contributed by atoms with van der Waals surface area (Å²) >= 11 is 0. The van der Waals surface area contributed by atoms with Crippen molar-refractivity contribution in [2.45, 2.75) is 6.92 Å². The highest BCUT2D eigenvalue weighted by atomic mass is 19.1. The Bertz CT molecular complexity index is 812. The van der Waals surface area contributed by atoms with Crippen LogP contribution in [0.15, 0.2) is 42.5 Å². The molecule has 2 aromatic carbocycles. The van der Waals surface area contributed by atoms with Gasteiger partial charge in [-0.05, 0) is 25.1 Å². The summed E-state index contributed by atoms with van der Waals surface area (Å²) in [4.78, 5) is 23.7. The molecule has 0 unspecified atom stereocenters. The third-order valence-corrected chi connectivity index (χ3v) is 3.40. The average molecular weight is 325 g/mol. The highest BCUT2D eigenvalue weighted by Gasteiger charge is 2.13. The van der Waals surface area contributed by atoms with Crippen molar-refractivity contribution in [3.63, 3.8) is 0 Å². The first-order chi connectivity index (χ1) is 11.5. The number of benzene rings is 2. The van der Waals surface area contributed by atoms with Gasteiger partial charge in [0.1, 0.15) is 17.4 Å². The normalized spacial score (nSPS) is 9.88. The van der Waals surface area contributed by atoms with Gasteiger partial charge in [0.05, 0.1) is 11.3 Å². The molecule has 0 saturated heterocycles. The number of carbonyl (C=O) groups excluding carboxylic acids is 2. The second-order valence-electron chi connectivity index (χ2n) is 5.06. The van der Waals surface area contributed by atoms with E-state index in [0.717, 1.165) is 0 Å². The monoisotopic (exact) mass is 325 g/mol. The second-order valence-corrected chi connectivity index (χ2v) is 5.06. The number of Topliss-reactive ketones (excluding diaryl/α,β-unsaturated/α-hetero) is 1. The number of ketones is 1. The first-order valence-electron chi connectivity index (χ1n) is 7.35. The zero-order chi connectivity index (χ0) is 17.5. The van der Waals surface area contributed by atoms with Gasteiger partial charge in [-0.15, -0.1) is 0 Å². The number of nitrogens with one attached hydrogen (secondary N) is 2. The highest BCUT2D eigenvalue weighted by Crippen LogP contribution is 2.17. The average Bonchev–Trinajstić information content (AvgIpc) is 2.58. The summed E-state index contributed by atoms with van der Waals surface area (Å²) in [6, 6.07) is 12.7. The number of nitriles is 1. The number of nitrogens with zero attached hydrogens (tertiary/aromatic N) is 1. The van der Waals surface area contributed by atoms with E-state index in [1.807, 2.05) is 0 Å². The molecule has 2 aromatic rings. The molecule has 2 N–H and O–H groups in total. The Morgan fingerprint density at radius 2 is 1.79 bits per heavy atom. The molecule has 0 radical (unpaired) electrons. The number of hydrogen-bond donors (Lipinski definition) is 2. The maximum absolute atomic E-state index is 13.5. The maximum Gasteiger partial charge on any atom is 0.252 e. The summed E-state index contributed by atoms with van der Waals surface area (Å²) in [7, 11) is 0. The molecule has 5 nitrogen and oxygen atoms in total. The van der Waals surface area contributed by atoms with Crippen LogP contribution in [0.3, 0.4) is 0 Å². The lowest BCUT2D eigenvalue weighted by Crippen LogP contribution is -2.30. The predicted octanol–water partition coefficient (Wildman–Crippen LogP) is 2.74. The van der Waals surface area contributed by atoms with Crippen LogP contribution >= 0.6 is 0 Å². The van der Waals surface area contributed by atoms with Crippen LogP contribution in [0.5, 0.6) is 0 Å². The summed E-state index contributed by atoms with van der Waals surface area (Å²) in [5.74, 6) is -1.14. The molecule has 0 fully saturated rings. The zero-order valence-electron chi connectivity index (χ0n) is 13.1. The van der Waals surface area contributed by atoms with Crippen LogP contribution in [0, 0.1) is 17.1 Å². The van der Waals surface area contributed by atoms with Gasteiger partial charge in [0.15, 0.2) is 5.78 Å². The summed E-state index contributed by atoms with van der Waals surface area (Å²) in [5, 5.41) is 14.5. The number of amides is 1. The largest absolute Gasteiger partial charge is 0.382 e. The molecule has 0 aromatic heterocycles. The fraction of sp³-hybridized carbons (Fsp3) is 0.167. The van der Waals surface area contributed by atoms with Gasteiger partial charge in [0.2, 0.25) is 0 Å². The highest BCUT2D eigenvalue weighted by molar-refractivity contribution is 6.07. The fourth-order valence-electron chi connectivity index (χ4n) is 2.24. The Hall–Kier alpha value is -3.20. The van der Waals surface area contributed by atoms with E-state index >= 15 is 0 Å². The molecular weight excluding hydrogens is 309 g/mol. The molecule has 0 bridgehead atoms. The zero-order valence-corrected chi connectivity index (χ0v) is 13.1. The number of halogens is 1. The fourth-order valence-corrected chi connectivity index (χ4v) is 2.24. The maximum atomic E-state index is 13.5. The minimum absolute atomic E-state index is 0.0641. The molecular formula is C18H16FN3O2. The molecule has 0 aliphatic carbocycles. The molecule has 0 atom stereocenters. The quantitative estimate of drug-likeness (QED) is 0.632. The van der Waals surface area contributed by atoms with Crippen molar-refractivity contribution < 1.29 is 14.0 Å². The molecule has 0 heterocycles. The van der Waals surface area contributed by atoms with Crippen LogP contribution in [-0.4, -0.2) is 24.8 Å². The smallest absolute Gasteiger partial charge is 0.252 e. The van der Waals surface area contributed by atoms with Crippen LogP contribution in [0.4, 0.5) is 10.1 Å². The molecule has 0 aliphatic rings. The topological polar surface area (TPSA) is 82.0 Å². The summed E-state index contributed by atoms with van der Waals surface area (Å²) in [6.07, 6.45) is 0. The number of rotatable bonds is 6. The third kappa shape index (κ3) is 3.96. The second kappa shape index (κ2) is 7.88. The number of carbonyl (C=O) groups is 2. The Morgan fingerprint density at radius 1 is 1.08 bits per heavy atom. The van der Waals surface area contributed by atoms with Crippen molar-refractivity contribution in [3.8, 4) is 6.07 Å². The Morgan fingerprint density at radius 3 is 2.46 bits per heavy atom. The standard InChI is InChI=1S/C18H16FN3O2/c1-12(23)13-5-2-3-6-14(13)18(24)22-10-9-21-17-8-4-7-16(19)15(17)11-20/h2-8,21H,9-10H2,1H3,(H,22,24). The minimum atomic E-state index is -0.595. The van der Waals surface area contributed by atoms with Crippen molar-refractivity contribution in [2.75, 3.05) is 18.4 Å². The van der Waals surface area contributed by atoms with Gasteiger partial charge in [-0.2, -0.15) is 5.26 Å². The SMILES string of the molecule is CC(=O)c1ccccc1C(=O)NCCNc1cccc(F)c1C#N. The lowest BCUT2D eigenvalue weighted by atomic mass is 10.0. The van der Waals surface area contributed by atoms with Crippen LogP contribution < -0.4 is 10.6 Å². The molecule has 0 saturated carbocycles. The third-order valence-electron chi connectivity index (χ3n) is 3.40. The van der Waals surface area contributed by atoms with Crippen molar-refractivity contribution in [1.82, 2.24) is 5.32 Å². The minimum Gasteiger partial charge on any atom is -0.382 e. The summed E-state index contributed by atoms with van der Waals surface area (Å²) in [6.45, 7) is 1.97. The van der Waals surface area contributed by atoms with E-state index in [4.69, 9.17) is 5.26 Å². The first kappa shape index (κ1) is 17.2. The van der Waals surface area contributed by atoms with Gasteiger partial charge in [0.25, 0.3) is 5.91 Å². The van der Waals surface area contributed by atoms with Gasteiger partial charge in [-0.1, -0.05) is 24.3 Å². The number of hydrogen-bond acceptors (Lipinski definition) is 4. The van der Waals surface area contributed by atoms with Crippen LogP contribution in [0.25, 0.3) is 0 Å². The van der Waals surface area contributed by atoms with Crippen LogP contribution in [0.1, 0.15) is 33.2 Å². The first-order valence-corrected chi connectivity index (χ1v) is 7.35. The molecule has 1 amide bonds. The van der Waals surface area contributed by atoms with Crippen molar-refractivity contribution in [3.05, 3.63) is 65.0 Å². The van der Waals surface area contributed by atoms with Crippen molar-refractivity contribution in [1.29, 1.82) is 5.26 Å². The lowest BCUT2D eigenvalue weighted by molar-refractivity contribution is 0.0940. The summed E-state index contributed by atoms with van der Waals surface area (Å²) < 4.78 is 13.5. The Labute approximate surface area is 139 Å². The van der Waals surface area contributed by atoms with E-state index in [1.54, 1.807) is 36.4 Å². The molecule has 122 valence electrons. The summed E-state index contributed by atoms with van der Waals surface area (Å²) in [5.41, 5.74) is 0.981. The van der Waals surface area contributed by atoms with Crippen molar-refractivity contribution >= 4 is 17.4 Å². The van der Waals surface area contributed by atoms with Gasteiger partial charge < -0.3 is 10.6 Å². The van der Waals surface area contributed by atoms with Gasteiger partial charge >= 0.3 is 0 Å². The molecule has 0 aliphatic heterocycles. The molecule has 2 rings (SSSR count). The van der Waals surface area contributed by atoms with Crippen molar-refractivity contribution in [2.24, 2.45) is 0 Å². The number of anilines is 1. The Kier molecular flexibility index (Phi) is 5.63. The van der Waals surface area contributed by atoms with E-state index in [-0.39, 0.29) is 23.8 Å². The predicted molar refractivity (Wildman–Crippen MR) is 88.4 cm³/mol. The van der Waals surface area contributed by atoms with Crippen LogP contribution in [0.2, 0.25) is 0 Å². The van der Waals surface area contributed by atoms with Crippen LogP contribution in [-0.2, 0) is 0 Å². The van der Waals surface area contributed by atoms with Gasteiger partial charge in [-0.3, -0.25) is 9.59 Å².